The van der Waals surface area contributed by atoms with Crippen LogP contribution in [0.5, 0.6) is 0 Å². The number of nitrogens with zero attached hydrogens (tertiary/aromatic N) is 1. The van der Waals surface area contributed by atoms with Crippen molar-refractivity contribution in [3.05, 3.63) is 17.0 Å². The van der Waals surface area contributed by atoms with Crippen molar-refractivity contribution in [1.82, 2.24) is 5.16 Å². The molecular formula is C10H13NO4. The molecule has 1 atom stereocenters. The topological polar surface area (TPSA) is 83.6 Å². The van der Waals surface area contributed by atoms with Crippen molar-refractivity contribution in [2.75, 3.05) is 0 Å². The van der Waals surface area contributed by atoms with Crippen molar-refractivity contribution in [2.24, 2.45) is 0 Å². The van der Waals surface area contributed by atoms with Crippen LogP contribution in [0.4, 0.5) is 0 Å². The Kier molecular flexibility index (Phi) is 2.08. The lowest BCUT2D eigenvalue weighted by Crippen LogP contribution is -2.33. The van der Waals surface area contributed by atoms with Crippen molar-refractivity contribution in [3.8, 4) is 0 Å². The largest absolute Gasteiger partial charge is 0.479 e. The molecule has 2 N–H and O–H groups in total. The Morgan fingerprint density at radius 3 is 2.80 bits per heavy atom. The molecule has 0 bridgehead atoms. The van der Waals surface area contributed by atoms with Crippen LogP contribution < -0.4 is 0 Å². The standard InChI is InChI=1S/C10H13NO4/c1-5(2)8-7-6(15-11-8)3-4-10(7,14)9(12)13/h5,14H,3-4H2,1-2H3,(H,12,13). The second-order valence-corrected chi connectivity index (χ2v) is 4.19. The fourth-order valence-electron chi connectivity index (χ4n) is 1.98. The molecule has 1 aromatic heterocycles. The van der Waals surface area contributed by atoms with Gasteiger partial charge in [-0.05, 0) is 12.3 Å². The summed E-state index contributed by atoms with van der Waals surface area (Å²) in [6.07, 6.45) is 0.594. The lowest BCUT2D eigenvalue weighted by Gasteiger charge is -2.18. The van der Waals surface area contributed by atoms with Crippen LogP contribution in [0.2, 0.25) is 0 Å². The minimum Gasteiger partial charge on any atom is -0.479 e. The number of aromatic nitrogens is 1. The Labute approximate surface area is 86.7 Å². The van der Waals surface area contributed by atoms with E-state index in [-0.39, 0.29) is 12.3 Å². The molecule has 0 aromatic carbocycles. The second kappa shape index (κ2) is 3.06. The summed E-state index contributed by atoms with van der Waals surface area (Å²) < 4.78 is 5.04. The first-order valence-corrected chi connectivity index (χ1v) is 4.91. The molecule has 1 aliphatic carbocycles. The number of hydrogen-bond donors (Lipinski definition) is 2. The highest BCUT2D eigenvalue weighted by molar-refractivity contribution is 5.81. The molecule has 82 valence electrons. The van der Waals surface area contributed by atoms with Crippen molar-refractivity contribution in [2.45, 2.75) is 38.2 Å². The molecule has 0 saturated carbocycles. The normalized spacial score (nSPS) is 24.5. The highest BCUT2D eigenvalue weighted by Crippen LogP contribution is 2.41. The molecule has 0 aliphatic heterocycles. The van der Waals surface area contributed by atoms with E-state index in [1.807, 2.05) is 13.8 Å². The van der Waals surface area contributed by atoms with Crippen molar-refractivity contribution in [3.63, 3.8) is 0 Å². The molecule has 1 aliphatic rings. The summed E-state index contributed by atoms with van der Waals surface area (Å²) in [7, 11) is 0. The molecule has 0 saturated heterocycles. The van der Waals surface area contributed by atoms with E-state index < -0.39 is 11.6 Å². The molecule has 0 amide bonds. The van der Waals surface area contributed by atoms with E-state index in [4.69, 9.17) is 9.63 Å². The minimum absolute atomic E-state index is 0.0430. The van der Waals surface area contributed by atoms with Gasteiger partial charge in [-0.3, -0.25) is 0 Å². The van der Waals surface area contributed by atoms with Crippen LogP contribution in [0.1, 0.15) is 43.2 Å². The predicted molar refractivity (Wildman–Crippen MR) is 50.4 cm³/mol. The van der Waals surface area contributed by atoms with Gasteiger partial charge in [0.1, 0.15) is 5.76 Å². The number of aliphatic carboxylic acids is 1. The summed E-state index contributed by atoms with van der Waals surface area (Å²) in [5.41, 5.74) is -0.896. The van der Waals surface area contributed by atoms with Crippen LogP contribution in [-0.2, 0) is 16.8 Å². The summed E-state index contributed by atoms with van der Waals surface area (Å²) >= 11 is 0. The highest BCUT2D eigenvalue weighted by Gasteiger charge is 2.49. The summed E-state index contributed by atoms with van der Waals surface area (Å²) in [6, 6.07) is 0. The Morgan fingerprint density at radius 1 is 1.60 bits per heavy atom. The Morgan fingerprint density at radius 2 is 2.27 bits per heavy atom. The number of fused-ring (bicyclic) bond motifs is 1. The van der Waals surface area contributed by atoms with Crippen LogP contribution >= 0.6 is 0 Å². The van der Waals surface area contributed by atoms with Gasteiger partial charge in [0.05, 0.1) is 11.3 Å². The number of aryl methyl sites for hydroxylation is 1. The Hall–Kier alpha value is -1.36. The van der Waals surface area contributed by atoms with E-state index >= 15 is 0 Å². The first-order chi connectivity index (χ1) is 6.97. The molecule has 2 rings (SSSR count). The fourth-order valence-corrected chi connectivity index (χ4v) is 1.98. The van der Waals surface area contributed by atoms with Gasteiger partial charge in [-0.15, -0.1) is 0 Å². The number of carbonyl (C=O) groups is 1. The zero-order valence-corrected chi connectivity index (χ0v) is 8.65. The van der Waals surface area contributed by atoms with Gasteiger partial charge in [0, 0.05) is 6.42 Å². The summed E-state index contributed by atoms with van der Waals surface area (Å²) in [5.74, 6) is -0.684. The van der Waals surface area contributed by atoms with Gasteiger partial charge >= 0.3 is 5.97 Å². The molecule has 0 spiro atoms. The van der Waals surface area contributed by atoms with Gasteiger partial charge in [0.2, 0.25) is 0 Å². The molecular weight excluding hydrogens is 198 g/mol. The lowest BCUT2D eigenvalue weighted by atomic mass is 9.92. The monoisotopic (exact) mass is 211 g/mol. The average Bonchev–Trinajstić information content (AvgIpc) is 2.68. The lowest BCUT2D eigenvalue weighted by molar-refractivity contribution is -0.159. The van der Waals surface area contributed by atoms with Crippen LogP contribution in [-0.4, -0.2) is 21.3 Å². The third-order valence-electron chi connectivity index (χ3n) is 2.82. The summed E-state index contributed by atoms with van der Waals surface area (Å²) in [5, 5.41) is 22.9. The van der Waals surface area contributed by atoms with Gasteiger partial charge < -0.3 is 14.7 Å². The Bertz CT molecular complexity index is 410. The minimum atomic E-state index is -1.81. The van der Waals surface area contributed by atoms with Gasteiger partial charge in [-0.25, -0.2) is 4.79 Å². The van der Waals surface area contributed by atoms with Crippen molar-refractivity contribution >= 4 is 5.97 Å². The summed E-state index contributed by atoms with van der Waals surface area (Å²) in [6.45, 7) is 3.78. The average molecular weight is 211 g/mol. The van der Waals surface area contributed by atoms with Crippen LogP contribution in [0.25, 0.3) is 0 Å². The van der Waals surface area contributed by atoms with E-state index in [2.05, 4.69) is 5.16 Å². The number of carboxylic acid groups (broad SMARTS) is 1. The first kappa shape index (κ1) is 10.2. The van der Waals surface area contributed by atoms with Crippen LogP contribution in [0.15, 0.2) is 4.52 Å². The van der Waals surface area contributed by atoms with Gasteiger partial charge in [0.25, 0.3) is 0 Å². The number of carboxylic acids is 1. The van der Waals surface area contributed by atoms with E-state index in [9.17, 15) is 9.90 Å². The van der Waals surface area contributed by atoms with Gasteiger partial charge in [-0.1, -0.05) is 19.0 Å². The molecule has 0 fully saturated rings. The molecule has 1 unspecified atom stereocenters. The van der Waals surface area contributed by atoms with E-state index in [0.717, 1.165) is 0 Å². The highest BCUT2D eigenvalue weighted by atomic mass is 16.5. The number of rotatable bonds is 2. The van der Waals surface area contributed by atoms with Gasteiger partial charge in [-0.2, -0.15) is 0 Å². The first-order valence-electron chi connectivity index (χ1n) is 4.91. The van der Waals surface area contributed by atoms with E-state index in [1.165, 1.54) is 0 Å². The maximum Gasteiger partial charge on any atom is 0.340 e. The van der Waals surface area contributed by atoms with Crippen molar-refractivity contribution < 1.29 is 19.5 Å². The Balaban J connectivity index is 2.57. The molecule has 1 heterocycles. The molecule has 5 heteroatoms. The van der Waals surface area contributed by atoms with E-state index in [1.54, 1.807) is 0 Å². The SMILES string of the molecule is CC(C)c1noc2c1C(O)(C(=O)O)CC2. The zero-order chi connectivity index (χ0) is 11.2. The molecule has 15 heavy (non-hydrogen) atoms. The van der Waals surface area contributed by atoms with Gasteiger partial charge in [0.15, 0.2) is 5.60 Å². The predicted octanol–water partition coefficient (Wildman–Crippen LogP) is 1.02. The third-order valence-corrected chi connectivity index (χ3v) is 2.82. The molecule has 0 radical (unpaired) electrons. The second-order valence-electron chi connectivity index (χ2n) is 4.19. The maximum atomic E-state index is 11.0. The molecule has 5 nitrogen and oxygen atoms in total. The third kappa shape index (κ3) is 1.26. The fraction of sp³-hybridized carbons (Fsp3) is 0.600. The number of aliphatic hydroxyl groups is 1. The van der Waals surface area contributed by atoms with E-state index in [0.29, 0.717) is 23.4 Å². The maximum absolute atomic E-state index is 11.0. The zero-order valence-electron chi connectivity index (χ0n) is 8.65. The summed E-state index contributed by atoms with van der Waals surface area (Å²) in [4.78, 5) is 11.0. The van der Waals surface area contributed by atoms with Crippen LogP contribution in [0, 0.1) is 0 Å². The quantitative estimate of drug-likeness (QED) is 0.762. The van der Waals surface area contributed by atoms with Crippen LogP contribution in [0.3, 0.4) is 0 Å². The smallest absolute Gasteiger partial charge is 0.340 e. The van der Waals surface area contributed by atoms with Crippen molar-refractivity contribution in [1.29, 1.82) is 0 Å². The number of hydrogen-bond acceptors (Lipinski definition) is 4. The molecule has 1 aromatic rings.